The first-order chi connectivity index (χ1) is 8.93. The Morgan fingerprint density at radius 2 is 1.44 bits per heavy atom. The van der Waals surface area contributed by atoms with Crippen LogP contribution in [0.25, 0.3) is 22.9 Å². The summed E-state index contributed by atoms with van der Waals surface area (Å²) in [5.41, 5.74) is 2.13. The second-order valence-corrected chi connectivity index (χ2v) is 3.58. The number of nitrogens with zero attached hydrogens (tertiary/aromatic N) is 5. The van der Waals surface area contributed by atoms with Crippen LogP contribution < -0.4 is 0 Å². The van der Waals surface area contributed by atoms with Gasteiger partial charge in [-0.3, -0.25) is 9.97 Å². The molecular weight excluding hydrogens is 226 g/mol. The minimum Gasteiger partial charge on any atom is -0.260 e. The van der Waals surface area contributed by atoms with E-state index in [1.807, 2.05) is 18.2 Å². The van der Waals surface area contributed by atoms with Crippen molar-refractivity contribution in [2.75, 3.05) is 0 Å². The van der Waals surface area contributed by atoms with E-state index in [9.17, 15) is 0 Å². The third-order valence-corrected chi connectivity index (χ3v) is 2.36. The maximum atomic E-state index is 4.46. The predicted octanol–water partition coefficient (Wildman–Crippen LogP) is 2.00. The van der Waals surface area contributed by atoms with E-state index in [1.165, 1.54) is 0 Å². The maximum absolute atomic E-state index is 4.46. The zero-order chi connectivity index (χ0) is 12.2. The molecule has 0 amide bonds. The van der Waals surface area contributed by atoms with Gasteiger partial charge in [-0.15, -0.1) is 0 Å². The van der Waals surface area contributed by atoms with Crippen molar-refractivity contribution in [1.82, 2.24) is 24.9 Å². The fraction of sp³-hybridized carbons (Fsp3) is 0. The Morgan fingerprint density at radius 1 is 0.667 bits per heavy atom. The van der Waals surface area contributed by atoms with Gasteiger partial charge in [0.25, 0.3) is 0 Å². The van der Waals surface area contributed by atoms with Crippen LogP contribution in [0.5, 0.6) is 0 Å². The van der Waals surface area contributed by atoms with Crippen molar-refractivity contribution in [3.63, 3.8) is 0 Å². The van der Waals surface area contributed by atoms with Crippen molar-refractivity contribution in [1.29, 1.82) is 0 Å². The summed E-state index contributed by atoms with van der Waals surface area (Å²) in [6.07, 6.45) is 8.40. The number of pyridine rings is 1. The molecule has 86 valence electrons. The Kier molecular flexibility index (Phi) is 2.71. The van der Waals surface area contributed by atoms with Crippen molar-refractivity contribution in [3.8, 4) is 22.9 Å². The fourth-order valence-electron chi connectivity index (χ4n) is 1.54. The quantitative estimate of drug-likeness (QED) is 0.679. The molecule has 5 heteroatoms. The molecular formula is C13H9N5. The van der Waals surface area contributed by atoms with Gasteiger partial charge in [0.15, 0.2) is 5.82 Å². The summed E-state index contributed by atoms with van der Waals surface area (Å²) < 4.78 is 0. The Labute approximate surface area is 104 Å². The van der Waals surface area contributed by atoms with Crippen LogP contribution in [0, 0.1) is 0 Å². The lowest BCUT2D eigenvalue weighted by atomic mass is 10.3. The van der Waals surface area contributed by atoms with E-state index < -0.39 is 0 Å². The summed E-state index contributed by atoms with van der Waals surface area (Å²) in [6.45, 7) is 0. The lowest BCUT2D eigenvalue weighted by Crippen LogP contribution is -1.94. The molecule has 3 rings (SSSR count). The van der Waals surface area contributed by atoms with Crippen LogP contribution in [0.4, 0.5) is 0 Å². The van der Waals surface area contributed by atoms with Gasteiger partial charge in [-0.1, -0.05) is 6.07 Å². The van der Waals surface area contributed by atoms with E-state index in [1.54, 1.807) is 37.1 Å². The van der Waals surface area contributed by atoms with Gasteiger partial charge < -0.3 is 0 Å². The summed E-state index contributed by atoms with van der Waals surface area (Å²) in [5.74, 6) is 0.558. The zero-order valence-corrected chi connectivity index (χ0v) is 9.43. The van der Waals surface area contributed by atoms with Gasteiger partial charge in [-0.05, 0) is 18.2 Å². The second kappa shape index (κ2) is 4.67. The van der Waals surface area contributed by atoms with Crippen molar-refractivity contribution in [3.05, 3.63) is 55.2 Å². The summed E-state index contributed by atoms with van der Waals surface area (Å²) >= 11 is 0. The first-order valence-electron chi connectivity index (χ1n) is 5.44. The minimum absolute atomic E-state index is 0.558. The van der Waals surface area contributed by atoms with Crippen molar-refractivity contribution in [2.45, 2.75) is 0 Å². The van der Waals surface area contributed by atoms with Crippen molar-refractivity contribution < 1.29 is 0 Å². The lowest BCUT2D eigenvalue weighted by Gasteiger charge is -2.01. The number of hydrogen-bond donors (Lipinski definition) is 0. The topological polar surface area (TPSA) is 64.5 Å². The van der Waals surface area contributed by atoms with Gasteiger partial charge in [-0.25, -0.2) is 15.0 Å². The highest BCUT2D eigenvalue weighted by Crippen LogP contribution is 2.16. The van der Waals surface area contributed by atoms with E-state index >= 15 is 0 Å². The van der Waals surface area contributed by atoms with Gasteiger partial charge in [0.05, 0.1) is 18.1 Å². The van der Waals surface area contributed by atoms with Gasteiger partial charge in [0.1, 0.15) is 11.4 Å². The van der Waals surface area contributed by atoms with Gasteiger partial charge >= 0.3 is 0 Å². The molecule has 0 saturated carbocycles. The number of aromatic nitrogens is 5. The standard InChI is InChI=1S/C13H9N5/c1-2-5-15-10(4-1)11-8-14-9-12(18-11)13-16-6-3-7-17-13/h1-9H. The van der Waals surface area contributed by atoms with Crippen LogP contribution in [0.3, 0.4) is 0 Å². The molecule has 0 unspecified atom stereocenters. The van der Waals surface area contributed by atoms with E-state index in [4.69, 9.17) is 0 Å². The molecule has 3 heterocycles. The molecule has 0 atom stereocenters. The largest absolute Gasteiger partial charge is 0.260 e. The maximum Gasteiger partial charge on any atom is 0.179 e. The molecule has 0 bridgehead atoms. The van der Waals surface area contributed by atoms with Crippen LogP contribution in [-0.2, 0) is 0 Å². The Bertz CT molecular complexity index is 585. The summed E-state index contributed by atoms with van der Waals surface area (Å²) in [7, 11) is 0. The normalized spacial score (nSPS) is 10.2. The molecule has 0 aliphatic carbocycles. The molecule has 0 aromatic carbocycles. The van der Waals surface area contributed by atoms with Gasteiger partial charge in [0.2, 0.25) is 0 Å². The molecule has 0 aliphatic rings. The second-order valence-electron chi connectivity index (χ2n) is 3.58. The van der Waals surface area contributed by atoms with Crippen LogP contribution in [0.15, 0.2) is 55.2 Å². The summed E-state index contributed by atoms with van der Waals surface area (Å²) in [4.78, 5) is 21.2. The molecule has 3 aromatic heterocycles. The van der Waals surface area contributed by atoms with Crippen LogP contribution >= 0.6 is 0 Å². The van der Waals surface area contributed by atoms with E-state index in [0.717, 1.165) is 5.69 Å². The Hall–Kier alpha value is -2.69. The first-order valence-corrected chi connectivity index (χ1v) is 5.44. The predicted molar refractivity (Wildman–Crippen MR) is 66.3 cm³/mol. The monoisotopic (exact) mass is 235 g/mol. The third kappa shape index (κ3) is 2.06. The van der Waals surface area contributed by atoms with Crippen LogP contribution in [-0.4, -0.2) is 24.9 Å². The Morgan fingerprint density at radius 3 is 2.22 bits per heavy atom. The summed E-state index contributed by atoms with van der Waals surface area (Å²) in [6, 6.07) is 7.43. The van der Waals surface area contributed by atoms with Crippen LogP contribution in [0.1, 0.15) is 0 Å². The molecule has 3 aromatic rings. The number of hydrogen-bond acceptors (Lipinski definition) is 5. The first kappa shape index (κ1) is 10.5. The van der Waals surface area contributed by atoms with Crippen molar-refractivity contribution >= 4 is 0 Å². The highest BCUT2D eigenvalue weighted by atomic mass is 14.9. The smallest absolute Gasteiger partial charge is 0.179 e. The van der Waals surface area contributed by atoms with E-state index in [0.29, 0.717) is 17.2 Å². The molecule has 0 N–H and O–H groups in total. The molecule has 18 heavy (non-hydrogen) atoms. The lowest BCUT2D eigenvalue weighted by molar-refractivity contribution is 1.11. The summed E-state index contributed by atoms with van der Waals surface area (Å²) in [5, 5.41) is 0. The average molecular weight is 235 g/mol. The molecule has 0 aliphatic heterocycles. The highest BCUT2D eigenvalue weighted by molar-refractivity contribution is 5.57. The zero-order valence-electron chi connectivity index (χ0n) is 9.43. The highest BCUT2D eigenvalue weighted by Gasteiger charge is 2.06. The van der Waals surface area contributed by atoms with Crippen LogP contribution in [0.2, 0.25) is 0 Å². The minimum atomic E-state index is 0.558. The molecule has 5 nitrogen and oxygen atoms in total. The van der Waals surface area contributed by atoms with Gasteiger partial charge in [0, 0.05) is 18.6 Å². The third-order valence-electron chi connectivity index (χ3n) is 2.36. The fourth-order valence-corrected chi connectivity index (χ4v) is 1.54. The molecule has 0 fully saturated rings. The van der Waals surface area contributed by atoms with Crippen molar-refractivity contribution in [2.24, 2.45) is 0 Å². The average Bonchev–Trinajstić information content (AvgIpc) is 2.49. The molecule has 0 radical (unpaired) electrons. The van der Waals surface area contributed by atoms with Gasteiger partial charge in [-0.2, -0.15) is 0 Å². The number of rotatable bonds is 2. The molecule has 0 saturated heterocycles. The van der Waals surface area contributed by atoms with E-state index in [-0.39, 0.29) is 0 Å². The SMILES string of the molecule is c1ccc(-c2cncc(-c3ncccn3)n2)nc1. The molecule has 0 spiro atoms. The van der Waals surface area contributed by atoms with E-state index in [2.05, 4.69) is 24.9 Å². The Balaban J connectivity index is 2.05.